The molecule has 1 saturated carbocycles. The second kappa shape index (κ2) is 5.78. The second-order valence-corrected chi connectivity index (χ2v) is 6.09. The predicted molar refractivity (Wildman–Crippen MR) is 75.8 cm³/mol. The minimum Gasteiger partial charge on any atom is -0.378 e. The topological polar surface area (TPSA) is 21.3 Å². The maximum Gasteiger partial charge on any atom is 0.141 e. The molecule has 1 N–H and O–H groups in total. The zero-order valence-electron chi connectivity index (χ0n) is 11.7. The van der Waals surface area contributed by atoms with Crippen molar-refractivity contribution in [3.05, 3.63) is 34.6 Å². The van der Waals surface area contributed by atoms with Crippen LogP contribution < -0.4 is 5.32 Å². The fourth-order valence-electron chi connectivity index (χ4n) is 2.61. The largest absolute Gasteiger partial charge is 0.378 e. The van der Waals surface area contributed by atoms with Crippen molar-refractivity contribution in [3.63, 3.8) is 0 Å². The van der Waals surface area contributed by atoms with Gasteiger partial charge in [0.25, 0.3) is 0 Å². The first-order valence-electron chi connectivity index (χ1n) is 6.74. The van der Waals surface area contributed by atoms with Gasteiger partial charge in [-0.1, -0.05) is 31.5 Å². The van der Waals surface area contributed by atoms with Crippen LogP contribution in [0.3, 0.4) is 0 Å². The average Bonchev–Trinajstić information content (AvgIpc) is 2.37. The van der Waals surface area contributed by atoms with Crippen LogP contribution in [0.25, 0.3) is 0 Å². The summed E-state index contributed by atoms with van der Waals surface area (Å²) in [5.74, 6) is -0.370. The van der Waals surface area contributed by atoms with E-state index in [9.17, 15) is 4.39 Å². The Kier molecular flexibility index (Phi) is 4.49. The van der Waals surface area contributed by atoms with E-state index in [1.165, 1.54) is 6.07 Å². The summed E-state index contributed by atoms with van der Waals surface area (Å²) in [4.78, 5) is 0. The van der Waals surface area contributed by atoms with E-state index in [1.54, 1.807) is 12.1 Å². The van der Waals surface area contributed by atoms with Crippen molar-refractivity contribution in [3.8, 4) is 0 Å². The van der Waals surface area contributed by atoms with Gasteiger partial charge >= 0.3 is 0 Å². The highest BCUT2D eigenvalue weighted by molar-refractivity contribution is 6.30. The number of rotatable bonds is 5. The van der Waals surface area contributed by atoms with Crippen molar-refractivity contribution in [2.75, 3.05) is 6.61 Å². The molecule has 1 aliphatic carbocycles. The predicted octanol–water partition coefficient (Wildman–Crippen LogP) is 3.77. The van der Waals surface area contributed by atoms with Gasteiger partial charge in [-0.2, -0.15) is 0 Å². The van der Waals surface area contributed by atoms with E-state index in [-0.39, 0.29) is 16.3 Å². The summed E-state index contributed by atoms with van der Waals surface area (Å²) in [6, 6.07) is 5.27. The van der Waals surface area contributed by atoms with E-state index < -0.39 is 0 Å². The van der Waals surface area contributed by atoms with Crippen LogP contribution in [0.1, 0.15) is 32.8 Å². The highest BCUT2D eigenvalue weighted by Gasteiger charge is 2.48. The van der Waals surface area contributed by atoms with Crippen LogP contribution >= 0.6 is 11.6 Å². The molecule has 1 aromatic rings. The van der Waals surface area contributed by atoms with Crippen LogP contribution in [0.15, 0.2) is 18.2 Å². The molecular weight excluding hydrogens is 265 g/mol. The third kappa shape index (κ3) is 3.10. The van der Waals surface area contributed by atoms with Crippen LogP contribution in [0.4, 0.5) is 4.39 Å². The van der Waals surface area contributed by atoms with E-state index in [2.05, 4.69) is 19.2 Å². The van der Waals surface area contributed by atoms with Crippen molar-refractivity contribution in [2.24, 2.45) is 5.41 Å². The Labute approximate surface area is 119 Å². The van der Waals surface area contributed by atoms with Gasteiger partial charge in [0.1, 0.15) is 5.82 Å². The Morgan fingerprint density at radius 1 is 1.47 bits per heavy atom. The molecule has 4 heteroatoms. The maximum absolute atomic E-state index is 13.1. The molecule has 0 radical (unpaired) electrons. The molecule has 2 unspecified atom stereocenters. The quantitative estimate of drug-likeness (QED) is 0.889. The number of ether oxygens (including phenoxy) is 1. The standard InChI is InChI=1S/C15H21ClFNO/c1-4-19-14-8-13(15(14,2)3)18-9-10-5-6-12(17)11(16)7-10/h5-7,13-14,18H,4,8-9H2,1-3H3. The maximum atomic E-state index is 13.1. The Morgan fingerprint density at radius 2 is 2.21 bits per heavy atom. The Morgan fingerprint density at radius 3 is 2.79 bits per heavy atom. The van der Waals surface area contributed by atoms with Crippen molar-refractivity contribution in [1.82, 2.24) is 5.32 Å². The van der Waals surface area contributed by atoms with Gasteiger partial charge in [-0.05, 0) is 31.0 Å². The number of hydrogen-bond donors (Lipinski definition) is 1. The Balaban J connectivity index is 1.88. The summed E-state index contributed by atoms with van der Waals surface area (Å²) >= 11 is 5.77. The zero-order valence-corrected chi connectivity index (χ0v) is 12.4. The number of hydrogen-bond acceptors (Lipinski definition) is 2. The van der Waals surface area contributed by atoms with Crippen LogP contribution in [-0.4, -0.2) is 18.8 Å². The third-order valence-electron chi connectivity index (χ3n) is 4.08. The molecule has 2 nitrogen and oxygen atoms in total. The summed E-state index contributed by atoms with van der Waals surface area (Å²) in [6.45, 7) is 7.91. The molecule has 1 aromatic carbocycles. The van der Waals surface area contributed by atoms with E-state index in [0.717, 1.165) is 18.6 Å². The highest BCUT2D eigenvalue weighted by Crippen LogP contribution is 2.42. The lowest BCUT2D eigenvalue weighted by molar-refractivity contribution is -0.114. The molecule has 0 amide bonds. The molecule has 1 aliphatic rings. The molecule has 0 heterocycles. The number of nitrogens with one attached hydrogen (secondary N) is 1. The SMILES string of the molecule is CCOC1CC(NCc2ccc(F)c(Cl)c2)C1(C)C. The lowest BCUT2D eigenvalue weighted by Crippen LogP contribution is -2.60. The first-order chi connectivity index (χ1) is 8.95. The molecule has 19 heavy (non-hydrogen) atoms. The van der Waals surface area contributed by atoms with Gasteiger partial charge in [0.05, 0.1) is 11.1 Å². The lowest BCUT2D eigenvalue weighted by Gasteiger charge is -2.52. The second-order valence-electron chi connectivity index (χ2n) is 5.68. The van der Waals surface area contributed by atoms with Crippen molar-refractivity contribution in [1.29, 1.82) is 0 Å². The Bertz CT molecular complexity index is 450. The smallest absolute Gasteiger partial charge is 0.141 e. The fraction of sp³-hybridized carbons (Fsp3) is 0.600. The van der Waals surface area contributed by atoms with E-state index in [4.69, 9.17) is 16.3 Å². The zero-order chi connectivity index (χ0) is 14.0. The van der Waals surface area contributed by atoms with Gasteiger partial charge < -0.3 is 10.1 Å². The van der Waals surface area contributed by atoms with Crippen molar-refractivity contribution < 1.29 is 9.13 Å². The van der Waals surface area contributed by atoms with E-state index in [0.29, 0.717) is 18.7 Å². The number of halogens is 2. The summed E-state index contributed by atoms with van der Waals surface area (Å²) in [7, 11) is 0. The van der Waals surface area contributed by atoms with Crippen LogP contribution in [0.2, 0.25) is 5.02 Å². The van der Waals surface area contributed by atoms with Crippen molar-refractivity contribution >= 4 is 11.6 Å². The van der Waals surface area contributed by atoms with Gasteiger partial charge in [-0.25, -0.2) is 4.39 Å². The van der Waals surface area contributed by atoms with Crippen LogP contribution in [0.5, 0.6) is 0 Å². The monoisotopic (exact) mass is 285 g/mol. The molecule has 1 fully saturated rings. The Hall–Kier alpha value is -0.640. The van der Waals surface area contributed by atoms with Gasteiger partial charge in [0.2, 0.25) is 0 Å². The van der Waals surface area contributed by atoms with Gasteiger partial charge in [-0.15, -0.1) is 0 Å². The normalized spacial score (nSPS) is 25.1. The number of benzene rings is 1. The fourth-order valence-corrected chi connectivity index (χ4v) is 2.81. The molecule has 2 atom stereocenters. The molecule has 0 saturated heterocycles. The molecule has 2 rings (SSSR count). The highest BCUT2D eigenvalue weighted by atomic mass is 35.5. The minimum atomic E-state index is -0.370. The van der Waals surface area contributed by atoms with Crippen molar-refractivity contribution in [2.45, 2.75) is 45.9 Å². The van der Waals surface area contributed by atoms with Crippen LogP contribution in [0, 0.1) is 11.2 Å². The summed E-state index contributed by atoms with van der Waals surface area (Å²) in [5, 5.41) is 3.68. The molecule has 0 bridgehead atoms. The van der Waals surface area contributed by atoms with Gasteiger partial charge in [-0.3, -0.25) is 0 Å². The van der Waals surface area contributed by atoms with Crippen LogP contribution in [-0.2, 0) is 11.3 Å². The lowest BCUT2D eigenvalue weighted by atomic mass is 9.64. The molecular formula is C15H21ClFNO. The van der Waals surface area contributed by atoms with Gasteiger partial charge in [0.15, 0.2) is 0 Å². The first kappa shape index (κ1) is 14.8. The molecule has 0 aliphatic heterocycles. The van der Waals surface area contributed by atoms with Gasteiger partial charge in [0, 0.05) is 24.6 Å². The average molecular weight is 286 g/mol. The summed E-state index contributed by atoms with van der Waals surface area (Å²) in [6.07, 6.45) is 1.35. The van der Waals surface area contributed by atoms with E-state index >= 15 is 0 Å². The molecule has 106 valence electrons. The minimum absolute atomic E-state index is 0.139. The molecule has 0 spiro atoms. The third-order valence-corrected chi connectivity index (χ3v) is 4.37. The molecule has 0 aromatic heterocycles. The van der Waals surface area contributed by atoms with E-state index in [1.807, 2.05) is 6.92 Å². The summed E-state index contributed by atoms with van der Waals surface area (Å²) < 4.78 is 18.8. The summed E-state index contributed by atoms with van der Waals surface area (Å²) in [5.41, 5.74) is 1.14. The first-order valence-corrected chi connectivity index (χ1v) is 7.12.